The molecule has 0 spiro atoms. The Hall–Kier alpha value is -1.30. The van der Waals surface area contributed by atoms with Gasteiger partial charge < -0.3 is 20.5 Å². The van der Waals surface area contributed by atoms with Gasteiger partial charge in [0, 0.05) is 29.9 Å². The summed E-state index contributed by atoms with van der Waals surface area (Å²) < 4.78 is 11.6. The van der Waals surface area contributed by atoms with Crippen LogP contribution in [-0.2, 0) is 9.53 Å². The van der Waals surface area contributed by atoms with Gasteiger partial charge in [0.1, 0.15) is 11.3 Å². The van der Waals surface area contributed by atoms with Gasteiger partial charge in [0.2, 0.25) is 5.91 Å². The number of hydrogen-bond donors (Lipinski definition) is 2. The minimum atomic E-state index is -0.870. The minimum Gasteiger partial charge on any atom is -0.493 e. The predicted molar refractivity (Wildman–Crippen MR) is 97.8 cm³/mol. The van der Waals surface area contributed by atoms with Crippen LogP contribution in [0.1, 0.15) is 44.7 Å². The Morgan fingerprint density at radius 3 is 2.80 bits per heavy atom. The van der Waals surface area contributed by atoms with Crippen molar-refractivity contribution in [2.75, 3.05) is 13.2 Å². The molecule has 1 saturated carbocycles. The first-order valence-corrected chi connectivity index (χ1v) is 8.89. The van der Waals surface area contributed by atoms with Crippen LogP contribution in [0.3, 0.4) is 0 Å². The molecule has 4 rings (SSSR count). The summed E-state index contributed by atoms with van der Waals surface area (Å²) in [7, 11) is 0. The molecule has 3 aliphatic rings. The van der Waals surface area contributed by atoms with Crippen LogP contribution in [0, 0.1) is 11.3 Å². The number of carbonyl (C=O) groups excluding carboxylic acids is 1. The van der Waals surface area contributed by atoms with Crippen molar-refractivity contribution in [3.63, 3.8) is 0 Å². The Balaban J connectivity index is 0.00000182. The fourth-order valence-electron chi connectivity index (χ4n) is 4.81. The monoisotopic (exact) mass is 366 g/mol. The number of rotatable bonds is 2. The molecule has 0 bridgehead atoms. The lowest BCUT2D eigenvalue weighted by molar-refractivity contribution is -0.225. The highest BCUT2D eigenvalue weighted by atomic mass is 35.5. The first-order chi connectivity index (χ1) is 11.5. The van der Waals surface area contributed by atoms with Gasteiger partial charge >= 0.3 is 0 Å². The van der Waals surface area contributed by atoms with Gasteiger partial charge in [0.15, 0.2) is 0 Å². The van der Waals surface area contributed by atoms with Gasteiger partial charge in [-0.05, 0) is 18.9 Å². The summed E-state index contributed by atoms with van der Waals surface area (Å²) in [6.45, 7) is 5.49. The van der Waals surface area contributed by atoms with E-state index in [1.807, 2.05) is 24.3 Å². The summed E-state index contributed by atoms with van der Waals surface area (Å²) >= 11 is 0. The van der Waals surface area contributed by atoms with Crippen LogP contribution in [0.25, 0.3) is 0 Å². The van der Waals surface area contributed by atoms with Gasteiger partial charge in [-0.2, -0.15) is 0 Å². The highest BCUT2D eigenvalue weighted by Gasteiger charge is 2.70. The zero-order valence-corrected chi connectivity index (χ0v) is 15.6. The molecule has 2 heterocycles. The van der Waals surface area contributed by atoms with Gasteiger partial charge in [-0.1, -0.05) is 32.0 Å². The number of para-hydroxylation sites is 1. The zero-order chi connectivity index (χ0) is 16.9. The smallest absolute Gasteiger partial charge is 0.241 e. The molecular formula is C19H27ClN2O3. The number of carbonyl (C=O) groups is 1. The first kappa shape index (κ1) is 18.5. The summed E-state index contributed by atoms with van der Waals surface area (Å²) in [4.78, 5) is 13.2. The van der Waals surface area contributed by atoms with Crippen molar-refractivity contribution in [1.82, 2.24) is 5.32 Å². The molecule has 1 aliphatic carbocycles. The lowest BCUT2D eigenvalue weighted by Gasteiger charge is -2.65. The molecule has 2 aliphatic heterocycles. The number of benzene rings is 1. The lowest BCUT2D eigenvalue weighted by Crippen LogP contribution is -2.82. The van der Waals surface area contributed by atoms with Crippen molar-refractivity contribution < 1.29 is 14.3 Å². The third kappa shape index (κ3) is 2.56. The summed E-state index contributed by atoms with van der Waals surface area (Å²) in [5.74, 6) is 0.907. The molecule has 1 amide bonds. The number of hydrogen-bond acceptors (Lipinski definition) is 4. The van der Waals surface area contributed by atoms with E-state index >= 15 is 0 Å². The number of nitrogens with one attached hydrogen (secondary N) is 1. The largest absolute Gasteiger partial charge is 0.493 e. The van der Waals surface area contributed by atoms with Gasteiger partial charge in [-0.25, -0.2) is 0 Å². The number of fused-ring (bicyclic) bond motifs is 2. The molecule has 3 N–H and O–H groups in total. The average molecular weight is 367 g/mol. The molecule has 0 radical (unpaired) electrons. The van der Waals surface area contributed by atoms with Crippen LogP contribution in [0.5, 0.6) is 5.75 Å². The van der Waals surface area contributed by atoms with E-state index in [1.165, 1.54) is 0 Å². The maximum Gasteiger partial charge on any atom is 0.241 e. The van der Waals surface area contributed by atoms with Crippen molar-refractivity contribution in [1.29, 1.82) is 0 Å². The fourth-order valence-corrected chi connectivity index (χ4v) is 4.81. The van der Waals surface area contributed by atoms with E-state index in [-0.39, 0.29) is 41.8 Å². The Bertz CT molecular complexity index is 666. The maximum absolute atomic E-state index is 13.2. The fraction of sp³-hybridized carbons (Fsp3) is 0.632. The molecule has 4 unspecified atom stereocenters. The molecule has 0 aromatic heterocycles. The van der Waals surface area contributed by atoms with Crippen LogP contribution in [0.2, 0.25) is 0 Å². The maximum atomic E-state index is 13.2. The third-order valence-corrected chi connectivity index (χ3v) is 6.32. The SMILES string of the molecule is CC1(C)C2OCCCC2C1(N)C(=O)NC1CCOc2ccccc21.Cl. The first-order valence-electron chi connectivity index (χ1n) is 8.89. The van der Waals surface area contributed by atoms with E-state index in [1.54, 1.807) is 0 Å². The lowest BCUT2D eigenvalue weighted by atomic mass is 9.46. The van der Waals surface area contributed by atoms with E-state index in [9.17, 15) is 4.79 Å². The molecule has 1 aromatic carbocycles. The van der Waals surface area contributed by atoms with Crippen molar-refractivity contribution in [2.45, 2.75) is 50.8 Å². The molecule has 25 heavy (non-hydrogen) atoms. The van der Waals surface area contributed by atoms with Crippen LogP contribution < -0.4 is 15.8 Å². The van der Waals surface area contributed by atoms with Gasteiger partial charge in [0.25, 0.3) is 0 Å². The Labute approximate surface area is 155 Å². The molecule has 138 valence electrons. The van der Waals surface area contributed by atoms with E-state index in [2.05, 4.69) is 19.2 Å². The van der Waals surface area contributed by atoms with E-state index < -0.39 is 5.54 Å². The Morgan fingerprint density at radius 2 is 2.00 bits per heavy atom. The van der Waals surface area contributed by atoms with Gasteiger partial charge in [-0.15, -0.1) is 12.4 Å². The minimum absolute atomic E-state index is 0. The molecule has 2 fully saturated rings. The van der Waals surface area contributed by atoms with E-state index in [4.69, 9.17) is 15.2 Å². The topological polar surface area (TPSA) is 73.6 Å². The van der Waals surface area contributed by atoms with Crippen LogP contribution in [0.4, 0.5) is 0 Å². The number of nitrogens with two attached hydrogens (primary N) is 1. The van der Waals surface area contributed by atoms with E-state index in [0.717, 1.165) is 37.2 Å². The second kappa shape index (κ2) is 6.45. The van der Waals surface area contributed by atoms with Crippen LogP contribution >= 0.6 is 12.4 Å². The van der Waals surface area contributed by atoms with Gasteiger partial charge in [-0.3, -0.25) is 4.79 Å². The standard InChI is InChI=1S/C19H26N2O3.ClH/c1-18(2)16-13(7-5-10-24-16)19(18,20)17(22)21-14-9-11-23-15-8-4-3-6-12(14)15;/h3-4,6,8,13-14,16H,5,7,9-11,20H2,1-2H3,(H,21,22);1H. The molecule has 1 saturated heterocycles. The molecule has 6 heteroatoms. The van der Waals surface area contributed by atoms with Crippen LogP contribution in [0.15, 0.2) is 24.3 Å². The summed E-state index contributed by atoms with van der Waals surface area (Å²) in [5.41, 5.74) is 6.50. The Kier molecular flexibility index (Phi) is 4.77. The number of ether oxygens (including phenoxy) is 2. The summed E-state index contributed by atoms with van der Waals surface area (Å²) in [6, 6.07) is 7.85. The number of halogens is 1. The second-order valence-corrected chi connectivity index (χ2v) is 7.83. The van der Waals surface area contributed by atoms with E-state index in [0.29, 0.717) is 6.61 Å². The summed E-state index contributed by atoms with van der Waals surface area (Å²) in [6.07, 6.45) is 2.79. The third-order valence-electron chi connectivity index (χ3n) is 6.32. The second-order valence-electron chi connectivity index (χ2n) is 7.83. The normalized spacial score (nSPS) is 35.1. The number of amides is 1. The Morgan fingerprint density at radius 1 is 1.24 bits per heavy atom. The van der Waals surface area contributed by atoms with Crippen molar-refractivity contribution >= 4 is 18.3 Å². The molecule has 1 aromatic rings. The average Bonchev–Trinajstić information content (AvgIpc) is 2.61. The zero-order valence-electron chi connectivity index (χ0n) is 14.8. The molecular weight excluding hydrogens is 340 g/mol. The van der Waals surface area contributed by atoms with Crippen molar-refractivity contribution in [3.05, 3.63) is 29.8 Å². The van der Waals surface area contributed by atoms with Crippen molar-refractivity contribution in [3.8, 4) is 5.75 Å². The highest BCUT2D eigenvalue weighted by Crippen LogP contribution is 2.57. The van der Waals surface area contributed by atoms with Crippen LogP contribution in [-0.4, -0.2) is 30.8 Å². The molecule has 4 atom stereocenters. The molecule has 5 nitrogen and oxygen atoms in total. The van der Waals surface area contributed by atoms with Crippen molar-refractivity contribution in [2.24, 2.45) is 17.1 Å². The summed E-state index contributed by atoms with van der Waals surface area (Å²) in [5, 5.41) is 3.21. The quantitative estimate of drug-likeness (QED) is 0.843. The van der Waals surface area contributed by atoms with Gasteiger partial charge in [0.05, 0.1) is 18.8 Å². The highest BCUT2D eigenvalue weighted by molar-refractivity contribution is 5.90. The predicted octanol–water partition coefficient (Wildman–Crippen LogP) is 2.58.